The van der Waals surface area contributed by atoms with Crippen LogP contribution in [0.3, 0.4) is 0 Å². The van der Waals surface area contributed by atoms with E-state index in [9.17, 15) is 4.79 Å². The topological polar surface area (TPSA) is 68.0 Å². The Morgan fingerprint density at radius 2 is 1.91 bits per heavy atom. The molecule has 1 fully saturated rings. The van der Waals surface area contributed by atoms with E-state index in [0.717, 1.165) is 43.2 Å². The van der Waals surface area contributed by atoms with Gasteiger partial charge in [0.25, 0.3) is 0 Å². The summed E-state index contributed by atoms with van der Waals surface area (Å²) in [5.74, 6) is 1.77. The lowest BCUT2D eigenvalue weighted by molar-refractivity contribution is -0.133. The number of nitrogens with zero attached hydrogens (tertiary/aromatic N) is 2. The highest BCUT2D eigenvalue weighted by Crippen LogP contribution is 2.32. The van der Waals surface area contributed by atoms with Crippen LogP contribution in [-0.2, 0) is 4.79 Å². The monoisotopic (exact) mass is 321 g/mol. The van der Waals surface area contributed by atoms with E-state index < -0.39 is 0 Å². The second-order valence-electron chi connectivity index (χ2n) is 5.74. The molecule has 1 amide bonds. The standard InChI is InChI=1S/C17H27N3O3/c1-13(15-5-4-14(22-2)12-16(15)23-3)19-8-10-20(11-9-19)17(21)6-7-18/h4-5,12-13H,6-11,18H2,1-3H3. The van der Waals surface area contributed by atoms with Gasteiger partial charge in [-0.15, -0.1) is 0 Å². The van der Waals surface area contributed by atoms with Crippen molar-refractivity contribution in [3.8, 4) is 11.5 Å². The molecule has 1 aliphatic heterocycles. The van der Waals surface area contributed by atoms with Crippen LogP contribution in [0.1, 0.15) is 24.9 Å². The van der Waals surface area contributed by atoms with E-state index in [0.29, 0.717) is 13.0 Å². The smallest absolute Gasteiger partial charge is 0.223 e. The van der Waals surface area contributed by atoms with Gasteiger partial charge in [-0.1, -0.05) is 6.07 Å². The molecule has 1 atom stereocenters. The molecule has 1 unspecified atom stereocenters. The van der Waals surface area contributed by atoms with E-state index in [2.05, 4.69) is 11.8 Å². The lowest BCUT2D eigenvalue weighted by atomic mass is 10.0. The van der Waals surface area contributed by atoms with Crippen LogP contribution in [0.5, 0.6) is 11.5 Å². The van der Waals surface area contributed by atoms with Crippen molar-refractivity contribution in [1.82, 2.24) is 9.80 Å². The maximum absolute atomic E-state index is 11.9. The summed E-state index contributed by atoms with van der Waals surface area (Å²) >= 11 is 0. The van der Waals surface area contributed by atoms with Crippen LogP contribution in [0.15, 0.2) is 18.2 Å². The number of hydrogen-bond acceptors (Lipinski definition) is 5. The first-order valence-electron chi connectivity index (χ1n) is 8.04. The van der Waals surface area contributed by atoms with Gasteiger partial charge in [-0.2, -0.15) is 0 Å². The number of hydrogen-bond donors (Lipinski definition) is 1. The second kappa shape index (κ2) is 8.17. The van der Waals surface area contributed by atoms with Crippen LogP contribution in [0.25, 0.3) is 0 Å². The van der Waals surface area contributed by atoms with Crippen molar-refractivity contribution >= 4 is 5.91 Å². The molecule has 0 saturated carbocycles. The fourth-order valence-electron chi connectivity index (χ4n) is 3.00. The van der Waals surface area contributed by atoms with Gasteiger partial charge in [0.05, 0.1) is 14.2 Å². The molecule has 6 heteroatoms. The molecule has 2 rings (SSSR count). The predicted octanol–water partition coefficient (Wildman–Crippen LogP) is 1.26. The minimum Gasteiger partial charge on any atom is -0.497 e. The van der Waals surface area contributed by atoms with E-state index in [1.165, 1.54) is 0 Å². The zero-order chi connectivity index (χ0) is 16.8. The Morgan fingerprint density at radius 1 is 1.22 bits per heavy atom. The molecule has 0 spiro atoms. The minimum atomic E-state index is 0.154. The third kappa shape index (κ3) is 4.14. The Labute approximate surface area is 138 Å². The first-order chi connectivity index (χ1) is 11.1. The molecule has 23 heavy (non-hydrogen) atoms. The normalized spacial score (nSPS) is 17.0. The number of rotatable bonds is 6. The van der Waals surface area contributed by atoms with Gasteiger partial charge >= 0.3 is 0 Å². The maximum atomic E-state index is 11.9. The zero-order valence-electron chi connectivity index (χ0n) is 14.2. The molecule has 2 N–H and O–H groups in total. The number of benzene rings is 1. The first kappa shape index (κ1) is 17.6. The van der Waals surface area contributed by atoms with Crippen molar-refractivity contribution in [2.75, 3.05) is 46.9 Å². The van der Waals surface area contributed by atoms with Crippen molar-refractivity contribution < 1.29 is 14.3 Å². The summed E-state index contributed by atoms with van der Waals surface area (Å²) in [6.45, 7) is 5.79. The first-order valence-corrected chi connectivity index (χ1v) is 8.04. The van der Waals surface area contributed by atoms with Crippen LogP contribution in [0.4, 0.5) is 0 Å². The third-order valence-electron chi connectivity index (χ3n) is 4.46. The molecule has 0 aromatic heterocycles. The number of nitrogens with two attached hydrogens (primary N) is 1. The average molecular weight is 321 g/mol. The molecule has 0 bridgehead atoms. The Balaban J connectivity index is 2.02. The summed E-state index contributed by atoms with van der Waals surface area (Å²) in [4.78, 5) is 16.2. The van der Waals surface area contributed by atoms with Gasteiger partial charge in [-0.25, -0.2) is 0 Å². The van der Waals surface area contributed by atoms with E-state index >= 15 is 0 Å². The molecule has 1 saturated heterocycles. The molecule has 6 nitrogen and oxygen atoms in total. The van der Waals surface area contributed by atoms with Crippen molar-refractivity contribution in [2.24, 2.45) is 5.73 Å². The molecule has 128 valence electrons. The van der Waals surface area contributed by atoms with E-state index in [1.54, 1.807) is 14.2 Å². The van der Waals surface area contributed by atoms with Crippen LogP contribution in [0, 0.1) is 0 Å². The number of ether oxygens (including phenoxy) is 2. The predicted molar refractivity (Wildman–Crippen MR) is 89.8 cm³/mol. The lowest BCUT2D eigenvalue weighted by Gasteiger charge is -2.38. The molecule has 0 radical (unpaired) electrons. The summed E-state index contributed by atoms with van der Waals surface area (Å²) in [6.07, 6.45) is 0.432. The summed E-state index contributed by atoms with van der Waals surface area (Å²) < 4.78 is 10.8. The van der Waals surface area contributed by atoms with Crippen LogP contribution in [-0.4, -0.2) is 62.7 Å². The highest BCUT2D eigenvalue weighted by Gasteiger charge is 2.25. The number of carbonyl (C=O) groups is 1. The number of carbonyl (C=O) groups excluding carboxylic acids is 1. The number of amides is 1. The van der Waals surface area contributed by atoms with Crippen LogP contribution >= 0.6 is 0 Å². The Bertz CT molecular complexity index is 528. The highest BCUT2D eigenvalue weighted by atomic mass is 16.5. The minimum absolute atomic E-state index is 0.154. The number of piperazine rings is 1. The molecule has 0 aliphatic carbocycles. The molecule has 1 aromatic rings. The zero-order valence-corrected chi connectivity index (χ0v) is 14.2. The molecule has 1 aliphatic rings. The van der Waals surface area contributed by atoms with Gasteiger partial charge in [-0.05, 0) is 13.0 Å². The van der Waals surface area contributed by atoms with Gasteiger partial charge in [0.2, 0.25) is 5.91 Å². The second-order valence-corrected chi connectivity index (χ2v) is 5.74. The SMILES string of the molecule is COc1ccc(C(C)N2CCN(C(=O)CCN)CC2)c(OC)c1. The van der Waals surface area contributed by atoms with Crippen molar-refractivity contribution in [2.45, 2.75) is 19.4 Å². The van der Waals surface area contributed by atoms with Gasteiger partial charge in [0.15, 0.2) is 0 Å². The maximum Gasteiger partial charge on any atom is 0.223 e. The van der Waals surface area contributed by atoms with Crippen LogP contribution < -0.4 is 15.2 Å². The molecular weight excluding hydrogens is 294 g/mol. The van der Waals surface area contributed by atoms with Gasteiger partial charge in [-0.3, -0.25) is 9.69 Å². The summed E-state index contributed by atoms with van der Waals surface area (Å²) in [5.41, 5.74) is 6.60. The average Bonchev–Trinajstić information content (AvgIpc) is 2.60. The van der Waals surface area contributed by atoms with Crippen molar-refractivity contribution in [3.63, 3.8) is 0 Å². The molecule has 1 aromatic carbocycles. The molecule has 1 heterocycles. The fourth-order valence-corrected chi connectivity index (χ4v) is 3.00. The van der Waals surface area contributed by atoms with Gasteiger partial charge < -0.3 is 20.1 Å². The Morgan fingerprint density at radius 3 is 2.48 bits per heavy atom. The largest absolute Gasteiger partial charge is 0.497 e. The lowest BCUT2D eigenvalue weighted by Crippen LogP contribution is -2.49. The third-order valence-corrected chi connectivity index (χ3v) is 4.46. The fraction of sp³-hybridized carbons (Fsp3) is 0.588. The summed E-state index contributed by atoms with van der Waals surface area (Å²) in [5, 5.41) is 0. The Kier molecular flexibility index (Phi) is 6.24. The van der Waals surface area contributed by atoms with Gasteiger partial charge in [0.1, 0.15) is 11.5 Å². The van der Waals surface area contributed by atoms with Crippen LogP contribution in [0.2, 0.25) is 0 Å². The van der Waals surface area contributed by atoms with Gasteiger partial charge in [0, 0.05) is 56.8 Å². The van der Waals surface area contributed by atoms with E-state index in [4.69, 9.17) is 15.2 Å². The quantitative estimate of drug-likeness (QED) is 0.854. The Hall–Kier alpha value is -1.79. The summed E-state index contributed by atoms with van der Waals surface area (Å²) in [7, 11) is 3.32. The number of methoxy groups -OCH3 is 2. The van der Waals surface area contributed by atoms with E-state index in [-0.39, 0.29) is 11.9 Å². The summed E-state index contributed by atoms with van der Waals surface area (Å²) in [6, 6.07) is 6.14. The highest BCUT2D eigenvalue weighted by molar-refractivity contribution is 5.76. The van der Waals surface area contributed by atoms with Crippen molar-refractivity contribution in [1.29, 1.82) is 0 Å². The van der Waals surface area contributed by atoms with E-state index in [1.807, 2.05) is 23.1 Å². The molecular formula is C17H27N3O3. The van der Waals surface area contributed by atoms with Crippen molar-refractivity contribution in [3.05, 3.63) is 23.8 Å².